The highest BCUT2D eigenvalue weighted by molar-refractivity contribution is 5.43. The molecule has 134 valence electrons. The summed E-state index contributed by atoms with van der Waals surface area (Å²) in [7, 11) is 0. The predicted molar refractivity (Wildman–Crippen MR) is 105 cm³/mol. The van der Waals surface area contributed by atoms with Gasteiger partial charge in [0.2, 0.25) is 0 Å². The standard InChI is InChI=1S/C23H21N3O/c27-23(20-12-6-2-7-13-20,21-14-8-3-9-15-21)22-18-26(25-24-22)17-16-19-10-4-1-5-11-19/h1-15,18,27H,16-17H2. The zero-order valence-corrected chi connectivity index (χ0v) is 14.9. The molecule has 3 aromatic carbocycles. The van der Waals surface area contributed by atoms with Gasteiger partial charge in [-0.15, -0.1) is 5.10 Å². The van der Waals surface area contributed by atoms with E-state index in [4.69, 9.17) is 0 Å². The molecule has 0 aliphatic rings. The molecule has 1 N–H and O–H groups in total. The van der Waals surface area contributed by atoms with Gasteiger partial charge < -0.3 is 5.11 Å². The molecule has 1 aromatic heterocycles. The van der Waals surface area contributed by atoms with E-state index >= 15 is 0 Å². The molecule has 0 bridgehead atoms. The number of hydrogen-bond acceptors (Lipinski definition) is 3. The van der Waals surface area contributed by atoms with E-state index in [9.17, 15) is 5.11 Å². The molecule has 4 aromatic rings. The van der Waals surface area contributed by atoms with Crippen molar-refractivity contribution in [1.82, 2.24) is 15.0 Å². The Morgan fingerprint density at radius 1 is 0.741 bits per heavy atom. The number of aromatic nitrogens is 3. The van der Waals surface area contributed by atoms with E-state index in [2.05, 4.69) is 22.4 Å². The summed E-state index contributed by atoms with van der Waals surface area (Å²) >= 11 is 0. The smallest absolute Gasteiger partial charge is 0.160 e. The molecule has 0 spiro atoms. The van der Waals surface area contributed by atoms with Crippen LogP contribution in [0, 0.1) is 0 Å². The van der Waals surface area contributed by atoms with E-state index in [1.165, 1.54) is 5.56 Å². The Bertz CT molecular complexity index is 942. The minimum Gasteiger partial charge on any atom is -0.374 e. The van der Waals surface area contributed by atoms with Crippen molar-refractivity contribution in [2.75, 3.05) is 0 Å². The lowest BCUT2D eigenvalue weighted by Gasteiger charge is -2.27. The van der Waals surface area contributed by atoms with E-state index in [0.29, 0.717) is 12.2 Å². The summed E-state index contributed by atoms with van der Waals surface area (Å²) in [5, 5.41) is 20.3. The third kappa shape index (κ3) is 3.52. The zero-order valence-electron chi connectivity index (χ0n) is 14.9. The number of aliphatic hydroxyl groups is 1. The Morgan fingerprint density at radius 3 is 1.81 bits per heavy atom. The Hall–Kier alpha value is -3.24. The molecule has 4 nitrogen and oxygen atoms in total. The van der Waals surface area contributed by atoms with Crippen LogP contribution in [0.1, 0.15) is 22.4 Å². The zero-order chi connectivity index (χ0) is 18.5. The topological polar surface area (TPSA) is 50.9 Å². The second-order valence-corrected chi connectivity index (χ2v) is 6.54. The first-order valence-corrected chi connectivity index (χ1v) is 9.05. The summed E-state index contributed by atoms with van der Waals surface area (Å²) in [6, 6.07) is 29.5. The van der Waals surface area contributed by atoms with E-state index < -0.39 is 5.60 Å². The van der Waals surface area contributed by atoms with Crippen LogP contribution in [0.3, 0.4) is 0 Å². The van der Waals surface area contributed by atoms with Crippen molar-refractivity contribution < 1.29 is 5.11 Å². The van der Waals surface area contributed by atoms with Crippen LogP contribution < -0.4 is 0 Å². The molecule has 0 saturated carbocycles. The molecule has 27 heavy (non-hydrogen) atoms. The van der Waals surface area contributed by atoms with Crippen LogP contribution in [-0.2, 0) is 18.6 Å². The summed E-state index contributed by atoms with van der Waals surface area (Å²) in [6.07, 6.45) is 2.70. The second kappa shape index (κ2) is 7.56. The van der Waals surface area contributed by atoms with Crippen molar-refractivity contribution in [2.24, 2.45) is 0 Å². The summed E-state index contributed by atoms with van der Waals surface area (Å²) in [6.45, 7) is 0.705. The van der Waals surface area contributed by atoms with Gasteiger partial charge in [-0.2, -0.15) is 0 Å². The van der Waals surface area contributed by atoms with E-state index in [0.717, 1.165) is 17.5 Å². The lowest BCUT2D eigenvalue weighted by atomic mass is 9.84. The van der Waals surface area contributed by atoms with Crippen LogP contribution >= 0.6 is 0 Å². The molecule has 4 rings (SSSR count). The number of nitrogens with zero attached hydrogens (tertiary/aromatic N) is 3. The fourth-order valence-corrected chi connectivity index (χ4v) is 3.28. The van der Waals surface area contributed by atoms with Gasteiger partial charge in [0.1, 0.15) is 5.69 Å². The van der Waals surface area contributed by atoms with Crippen molar-refractivity contribution >= 4 is 0 Å². The van der Waals surface area contributed by atoms with Gasteiger partial charge in [0, 0.05) is 6.54 Å². The maximum atomic E-state index is 11.7. The van der Waals surface area contributed by atoms with Crippen LogP contribution in [0.25, 0.3) is 0 Å². The predicted octanol–water partition coefficient (Wildman–Crippen LogP) is 3.81. The van der Waals surface area contributed by atoms with Gasteiger partial charge in [-0.25, -0.2) is 0 Å². The maximum absolute atomic E-state index is 11.7. The Labute approximate surface area is 158 Å². The molecule has 0 fully saturated rings. The van der Waals surface area contributed by atoms with Crippen molar-refractivity contribution in [2.45, 2.75) is 18.6 Å². The molecule has 0 unspecified atom stereocenters. The lowest BCUT2D eigenvalue weighted by Crippen LogP contribution is -2.29. The largest absolute Gasteiger partial charge is 0.374 e. The number of benzene rings is 3. The van der Waals surface area contributed by atoms with Crippen LogP contribution in [0.5, 0.6) is 0 Å². The maximum Gasteiger partial charge on any atom is 0.160 e. The third-order valence-electron chi connectivity index (χ3n) is 4.76. The highest BCUT2D eigenvalue weighted by Crippen LogP contribution is 2.35. The molecule has 0 saturated heterocycles. The molecule has 1 heterocycles. The Morgan fingerprint density at radius 2 is 1.26 bits per heavy atom. The molecule has 0 radical (unpaired) electrons. The van der Waals surface area contributed by atoms with Crippen molar-refractivity contribution in [3.63, 3.8) is 0 Å². The average Bonchev–Trinajstić information content (AvgIpc) is 3.23. The Balaban J connectivity index is 1.67. The van der Waals surface area contributed by atoms with E-state index in [1.54, 1.807) is 4.68 Å². The van der Waals surface area contributed by atoms with Gasteiger partial charge >= 0.3 is 0 Å². The van der Waals surface area contributed by atoms with E-state index in [1.807, 2.05) is 85.1 Å². The highest BCUT2D eigenvalue weighted by Gasteiger charge is 2.36. The molecule has 0 aliphatic carbocycles. The molecular weight excluding hydrogens is 334 g/mol. The van der Waals surface area contributed by atoms with Crippen molar-refractivity contribution in [3.8, 4) is 0 Å². The summed E-state index contributed by atoms with van der Waals surface area (Å²) in [5.74, 6) is 0. The molecule has 0 aliphatic heterocycles. The Kier molecular flexibility index (Phi) is 4.81. The summed E-state index contributed by atoms with van der Waals surface area (Å²) in [4.78, 5) is 0. The van der Waals surface area contributed by atoms with Gasteiger partial charge in [-0.1, -0.05) is 96.2 Å². The van der Waals surface area contributed by atoms with Crippen LogP contribution in [0.2, 0.25) is 0 Å². The summed E-state index contributed by atoms with van der Waals surface area (Å²) < 4.78 is 1.79. The van der Waals surface area contributed by atoms with Gasteiger partial charge in [0.15, 0.2) is 5.60 Å². The highest BCUT2D eigenvalue weighted by atomic mass is 16.3. The first-order valence-electron chi connectivity index (χ1n) is 9.05. The van der Waals surface area contributed by atoms with Gasteiger partial charge in [-0.3, -0.25) is 4.68 Å². The third-order valence-corrected chi connectivity index (χ3v) is 4.76. The minimum absolute atomic E-state index is 0.521. The van der Waals surface area contributed by atoms with Crippen LogP contribution in [0.15, 0.2) is 97.2 Å². The van der Waals surface area contributed by atoms with Crippen molar-refractivity contribution in [1.29, 1.82) is 0 Å². The fraction of sp³-hybridized carbons (Fsp3) is 0.130. The molecule has 4 heteroatoms. The van der Waals surface area contributed by atoms with Gasteiger partial charge in [0.25, 0.3) is 0 Å². The molecular formula is C23H21N3O. The number of aryl methyl sites for hydroxylation is 2. The second-order valence-electron chi connectivity index (χ2n) is 6.54. The van der Waals surface area contributed by atoms with E-state index in [-0.39, 0.29) is 0 Å². The van der Waals surface area contributed by atoms with Crippen LogP contribution in [0.4, 0.5) is 0 Å². The molecule has 0 amide bonds. The first-order chi connectivity index (χ1) is 13.3. The quantitative estimate of drug-likeness (QED) is 0.572. The van der Waals surface area contributed by atoms with Crippen LogP contribution in [-0.4, -0.2) is 20.1 Å². The normalized spacial score (nSPS) is 11.4. The summed E-state index contributed by atoms with van der Waals surface area (Å²) in [5.41, 5.74) is 1.97. The van der Waals surface area contributed by atoms with Gasteiger partial charge in [0.05, 0.1) is 6.20 Å². The number of rotatable bonds is 6. The minimum atomic E-state index is -1.34. The van der Waals surface area contributed by atoms with Gasteiger partial charge in [-0.05, 0) is 23.1 Å². The average molecular weight is 355 g/mol. The van der Waals surface area contributed by atoms with Crippen molar-refractivity contribution in [3.05, 3.63) is 120 Å². The monoisotopic (exact) mass is 355 g/mol. The molecule has 0 atom stereocenters. The SMILES string of the molecule is OC(c1ccccc1)(c1ccccc1)c1cn(CCc2ccccc2)nn1. The first kappa shape index (κ1) is 17.2. The lowest BCUT2D eigenvalue weighted by molar-refractivity contribution is 0.120. The number of hydrogen-bond donors (Lipinski definition) is 1. The fourth-order valence-electron chi connectivity index (χ4n) is 3.28.